The maximum absolute atomic E-state index is 12.5. The van der Waals surface area contributed by atoms with Gasteiger partial charge in [0.2, 0.25) is 11.9 Å². The first-order valence-electron chi connectivity index (χ1n) is 12.0. The van der Waals surface area contributed by atoms with Crippen molar-refractivity contribution in [2.75, 3.05) is 48.4 Å². The van der Waals surface area contributed by atoms with Gasteiger partial charge < -0.3 is 35.1 Å². The molecule has 3 heterocycles. The van der Waals surface area contributed by atoms with Gasteiger partial charge in [0.05, 0.1) is 18.9 Å². The van der Waals surface area contributed by atoms with Gasteiger partial charge in [0.1, 0.15) is 12.1 Å². The number of nitrogens with one attached hydrogen (secondary N) is 2. The van der Waals surface area contributed by atoms with Crippen LogP contribution in [0.5, 0.6) is 0 Å². The fourth-order valence-electron chi connectivity index (χ4n) is 4.49. The third kappa shape index (κ3) is 5.38. The van der Waals surface area contributed by atoms with Crippen molar-refractivity contribution in [3.8, 4) is 11.3 Å². The number of anilines is 4. The number of carbonyl (C=O) groups is 2. The molecule has 1 aromatic heterocycles. The SMILES string of the molecule is O=C(Nc1ccc(-c2ccnc(Nc3ccc(N4CCOCC4)cc3)n2)cc1)C1CCCN1C(=O)[O-]. The number of hydrogen-bond acceptors (Lipinski definition) is 8. The van der Waals surface area contributed by atoms with Gasteiger partial charge in [-0.2, -0.15) is 0 Å². The highest BCUT2D eigenvalue weighted by Crippen LogP contribution is 2.24. The van der Waals surface area contributed by atoms with Crippen LogP contribution in [0.1, 0.15) is 12.8 Å². The Balaban J connectivity index is 1.22. The van der Waals surface area contributed by atoms with E-state index < -0.39 is 12.1 Å². The highest BCUT2D eigenvalue weighted by Gasteiger charge is 2.30. The number of benzene rings is 2. The summed E-state index contributed by atoms with van der Waals surface area (Å²) in [6.45, 7) is 3.59. The summed E-state index contributed by atoms with van der Waals surface area (Å²) in [6, 6.07) is 16.5. The van der Waals surface area contributed by atoms with Crippen molar-refractivity contribution in [1.29, 1.82) is 0 Å². The second kappa shape index (κ2) is 10.6. The summed E-state index contributed by atoms with van der Waals surface area (Å²) < 4.78 is 5.42. The van der Waals surface area contributed by atoms with E-state index in [0.29, 0.717) is 31.0 Å². The molecular formula is C26H27N6O4-. The fraction of sp³-hybridized carbons (Fsp3) is 0.308. The minimum absolute atomic E-state index is 0.321. The third-order valence-corrected chi connectivity index (χ3v) is 6.39. The molecule has 2 N–H and O–H groups in total. The number of nitrogens with zero attached hydrogens (tertiary/aromatic N) is 4. The van der Waals surface area contributed by atoms with Crippen LogP contribution < -0.4 is 20.6 Å². The standard InChI is InChI=1S/C26H28N6O4/c33-24(23-2-1-13-32(23)26(34)35)28-19-5-3-18(4-6-19)22-11-12-27-25(30-22)29-20-7-9-21(10-8-20)31-14-16-36-17-15-31/h3-12,23H,1-2,13-17H2,(H,28,33)(H,34,35)(H,27,29,30)/p-1. The molecule has 1 atom stereocenters. The maximum Gasteiger partial charge on any atom is 0.247 e. The first kappa shape index (κ1) is 23.6. The summed E-state index contributed by atoms with van der Waals surface area (Å²) in [5.74, 6) is 0.130. The smallest absolute Gasteiger partial charge is 0.247 e. The van der Waals surface area contributed by atoms with Gasteiger partial charge in [0, 0.05) is 48.5 Å². The fourth-order valence-corrected chi connectivity index (χ4v) is 4.49. The molecule has 2 aromatic carbocycles. The molecule has 0 aliphatic carbocycles. The number of aromatic nitrogens is 2. The molecule has 2 aliphatic heterocycles. The van der Waals surface area contributed by atoms with Gasteiger partial charge in [0.25, 0.3) is 0 Å². The van der Waals surface area contributed by atoms with Crippen LogP contribution in [-0.2, 0) is 9.53 Å². The van der Waals surface area contributed by atoms with Gasteiger partial charge in [-0.25, -0.2) is 9.97 Å². The second-order valence-corrected chi connectivity index (χ2v) is 8.72. The highest BCUT2D eigenvalue weighted by molar-refractivity contribution is 5.96. The number of rotatable bonds is 6. The Labute approximate surface area is 208 Å². The molecule has 0 radical (unpaired) electrons. The lowest BCUT2D eigenvalue weighted by Gasteiger charge is -2.28. The van der Waals surface area contributed by atoms with Crippen LogP contribution in [0.4, 0.5) is 27.8 Å². The van der Waals surface area contributed by atoms with Crippen molar-refractivity contribution < 1.29 is 19.4 Å². The maximum atomic E-state index is 12.5. The lowest BCUT2D eigenvalue weighted by atomic mass is 10.1. The summed E-state index contributed by atoms with van der Waals surface area (Å²) in [4.78, 5) is 36.1. The predicted octanol–water partition coefficient (Wildman–Crippen LogP) is 2.47. The largest absolute Gasteiger partial charge is 0.530 e. The Morgan fingerprint density at radius 3 is 2.39 bits per heavy atom. The second-order valence-electron chi connectivity index (χ2n) is 8.72. The van der Waals surface area contributed by atoms with Gasteiger partial charge >= 0.3 is 0 Å². The Kier molecular flexibility index (Phi) is 6.94. The third-order valence-electron chi connectivity index (χ3n) is 6.39. The molecule has 36 heavy (non-hydrogen) atoms. The van der Waals surface area contributed by atoms with Crippen LogP contribution in [0.15, 0.2) is 60.8 Å². The van der Waals surface area contributed by atoms with Gasteiger partial charge in [-0.1, -0.05) is 12.1 Å². The van der Waals surface area contributed by atoms with E-state index in [0.717, 1.165) is 53.8 Å². The summed E-state index contributed by atoms with van der Waals surface area (Å²) >= 11 is 0. The van der Waals surface area contributed by atoms with Gasteiger partial charge in [0.15, 0.2) is 0 Å². The van der Waals surface area contributed by atoms with E-state index in [4.69, 9.17) is 4.74 Å². The minimum Gasteiger partial charge on any atom is -0.530 e. The van der Waals surface area contributed by atoms with Crippen molar-refractivity contribution in [3.63, 3.8) is 0 Å². The average Bonchev–Trinajstić information content (AvgIpc) is 3.41. The lowest BCUT2D eigenvalue weighted by Crippen LogP contribution is -2.48. The molecule has 186 valence electrons. The Hall–Kier alpha value is -4.18. The molecule has 1 unspecified atom stereocenters. The Morgan fingerprint density at radius 2 is 1.67 bits per heavy atom. The summed E-state index contributed by atoms with van der Waals surface area (Å²) in [5, 5.41) is 17.2. The minimum atomic E-state index is -1.32. The van der Waals surface area contributed by atoms with Crippen LogP contribution in [0, 0.1) is 0 Å². The van der Waals surface area contributed by atoms with E-state index in [2.05, 4.69) is 37.6 Å². The molecule has 2 fully saturated rings. The van der Waals surface area contributed by atoms with E-state index in [-0.39, 0.29) is 5.91 Å². The molecule has 0 spiro atoms. The molecule has 10 heteroatoms. The Morgan fingerprint density at radius 1 is 0.944 bits per heavy atom. The average molecular weight is 488 g/mol. The predicted molar refractivity (Wildman–Crippen MR) is 134 cm³/mol. The number of carboxylic acid groups (broad SMARTS) is 1. The first-order chi connectivity index (χ1) is 17.6. The van der Waals surface area contributed by atoms with Gasteiger partial charge in [-0.05, 0) is 55.3 Å². The lowest BCUT2D eigenvalue weighted by molar-refractivity contribution is -0.266. The molecule has 3 aromatic rings. The number of carbonyl (C=O) groups excluding carboxylic acids is 2. The van der Waals surface area contributed by atoms with Gasteiger partial charge in [-0.3, -0.25) is 4.79 Å². The highest BCUT2D eigenvalue weighted by atomic mass is 16.5. The number of likely N-dealkylation sites (tertiary alicyclic amines) is 1. The molecule has 2 saturated heterocycles. The van der Waals surface area contributed by atoms with Crippen LogP contribution >= 0.6 is 0 Å². The summed E-state index contributed by atoms with van der Waals surface area (Å²) in [5.41, 5.74) is 4.22. The van der Waals surface area contributed by atoms with E-state index in [1.165, 1.54) is 0 Å². The number of amides is 2. The molecule has 0 saturated carbocycles. The van der Waals surface area contributed by atoms with Crippen LogP contribution in [0.3, 0.4) is 0 Å². The summed E-state index contributed by atoms with van der Waals surface area (Å²) in [7, 11) is 0. The van der Waals surface area contributed by atoms with Gasteiger partial charge in [-0.15, -0.1) is 0 Å². The van der Waals surface area contributed by atoms with Crippen LogP contribution in [-0.4, -0.2) is 65.8 Å². The number of hydrogen-bond donors (Lipinski definition) is 2. The van der Waals surface area contributed by atoms with Crippen molar-refractivity contribution in [2.45, 2.75) is 18.9 Å². The topological polar surface area (TPSA) is 123 Å². The first-order valence-corrected chi connectivity index (χ1v) is 12.0. The monoisotopic (exact) mass is 487 g/mol. The zero-order valence-electron chi connectivity index (χ0n) is 19.7. The van der Waals surface area contributed by atoms with Crippen molar-refractivity contribution >= 4 is 35.0 Å². The molecule has 10 nitrogen and oxygen atoms in total. The van der Waals surface area contributed by atoms with E-state index >= 15 is 0 Å². The summed E-state index contributed by atoms with van der Waals surface area (Å²) in [6.07, 6.45) is 1.51. The van der Waals surface area contributed by atoms with E-state index in [1.807, 2.05) is 30.3 Å². The van der Waals surface area contributed by atoms with Crippen LogP contribution in [0.25, 0.3) is 11.3 Å². The molecule has 0 bridgehead atoms. The molecule has 5 rings (SSSR count). The zero-order valence-corrected chi connectivity index (χ0v) is 19.7. The number of morpholine rings is 1. The molecular weight excluding hydrogens is 460 g/mol. The molecule has 2 aliphatic rings. The zero-order chi connectivity index (χ0) is 24.9. The quantitative estimate of drug-likeness (QED) is 0.544. The van der Waals surface area contributed by atoms with Crippen LogP contribution in [0.2, 0.25) is 0 Å². The van der Waals surface area contributed by atoms with E-state index in [9.17, 15) is 14.7 Å². The Bertz CT molecular complexity index is 1210. The van der Waals surface area contributed by atoms with Crippen molar-refractivity contribution in [1.82, 2.24) is 14.9 Å². The normalized spacial score (nSPS) is 17.6. The van der Waals surface area contributed by atoms with Crippen molar-refractivity contribution in [3.05, 3.63) is 60.8 Å². The van der Waals surface area contributed by atoms with E-state index in [1.54, 1.807) is 18.3 Å². The number of ether oxygens (including phenoxy) is 1. The van der Waals surface area contributed by atoms with Crippen molar-refractivity contribution in [2.24, 2.45) is 0 Å². The molecule has 2 amide bonds.